The summed E-state index contributed by atoms with van der Waals surface area (Å²) in [5.74, 6) is 3.41. The molecule has 1 aromatic carbocycles. The summed E-state index contributed by atoms with van der Waals surface area (Å²) in [5, 5.41) is 0. The van der Waals surface area contributed by atoms with Gasteiger partial charge in [0.15, 0.2) is 0 Å². The second-order valence-corrected chi connectivity index (χ2v) is 8.11. The lowest BCUT2D eigenvalue weighted by atomic mass is 10.3. The van der Waals surface area contributed by atoms with Gasteiger partial charge >= 0.3 is 0 Å². The fourth-order valence-electron chi connectivity index (χ4n) is 2.63. The van der Waals surface area contributed by atoms with E-state index in [0.29, 0.717) is 23.3 Å². The number of methoxy groups -OCH3 is 1. The van der Waals surface area contributed by atoms with Crippen LogP contribution in [-0.4, -0.2) is 26.9 Å². The largest absolute Gasteiger partial charge is 0.497 e. The molecule has 6 heteroatoms. The van der Waals surface area contributed by atoms with Crippen LogP contribution in [0.2, 0.25) is 0 Å². The van der Waals surface area contributed by atoms with Crippen molar-refractivity contribution in [2.24, 2.45) is 5.92 Å². The van der Waals surface area contributed by atoms with Gasteiger partial charge in [-0.3, -0.25) is 0 Å². The molecular formula is C17H21NO4S. The Balaban J connectivity index is 1.72. The van der Waals surface area contributed by atoms with Gasteiger partial charge in [0.05, 0.1) is 18.6 Å². The standard InChI is InChI=1S/C17H21NO4S/c1-12-10-16(12)17-9-6-14(22-17)11-18(2)23(19,20)15-7-4-13(21-3)5-8-15/h4-9,12,16H,10-11H2,1-3H3/t12-,16+/m1/s1. The first-order valence-corrected chi connectivity index (χ1v) is 9.05. The van der Waals surface area contributed by atoms with Crippen molar-refractivity contribution in [3.63, 3.8) is 0 Å². The summed E-state index contributed by atoms with van der Waals surface area (Å²) >= 11 is 0. The van der Waals surface area contributed by atoms with E-state index < -0.39 is 10.0 Å². The highest BCUT2D eigenvalue weighted by Crippen LogP contribution is 2.47. The van der Waals surface area contributed by atoms with Crippen molar-refractivity contribution in [3.8, 4) is 5.75 Å². The molecular weight excluding hydrogens is 314 g/mol. The van der Waals surface area contributed by atoms with Gasteiger partial charge in [-0.2, -0.15) is 4.31 Å². The maximum atomic E-state index is 12.6. The number of nitrogens with zero attached hydrogens (tertiary/aromatic N) is 1. The Kier molecular flexibility index (Phi) is 4.21. The van der Waals surface area contributed by atoms with Crippen LogP contribution in [0.15, 0.2) is 45.7 Å². The molecule has 1 saturated carbocycles. The first-order chi connectivity index (χ1) is 10.9. The molecule has 1 aliphatic rings. The van der Waals surface area contributed by atoms with Crippen LogP contribution in [0.4, 0.5) is 0 Å². The monoisotopic (exact) mass is 335 g/mol. The zero-order chi connectivity index (χ0) is 16.6. The molecule has 23 heavy (non-hydrogen) atoms. The van der Waals surface area contributed by atoms with E-state index in [2.05, 4.69) is 6.92 Å². The molecule has 1 heterocycles. The molecule has 0 bridgehead atoms. The third kappa shape index (κ3) is 3.28. The van der Waals surface area contributed by atoms with Crippen LogP contribution in [0.25, 0.3) is 0 Å². The van der Waals surface area contributed by atoms with Crippen molar-refractivity contribution in [2.75, 3.05) is 14.2 Å². The summed E-state index contributed by atoms with van der Waals surface area (Å²) in [6, 6.07) is 10.2. The van der Waals surface area contributed by atoms with Crippen molar-refractivity contribution in [1.29, 1.82) is 0 Å². The Morgan fingerprint density at radius 2 is 1.87 bits per heavy atom. The fraction of sp³-hybridized carbons (Fsp3) is 0.412. The Bertz CT molecular complexity index is 779. The minimum absolute atomic E-state index is 0.218. The lowest BCUT2D eigenvalue weighted by Gasteiger charge is -2.16. The highest BCUT2D eigenvalue weighted by Gasteiger charge is 2.36. The van der Waals surface area contributed by atoms with Crippen molar-refractivity contribution in [1.82, 2.24) is 4.31 Å². The molecule has 1 aliphatic carbocycles. The predicted octanol–water partition coefficient (Wildman–Crippen LogP) is 3.23. The van der Waals surface area contributed by atoms with Crippen LogP contribution in [0.5, 0.6) is 5.75 Å². The van der Waals surface area contributed by atoms with Crippen LogP contribution in [0.3, 0.4) is 0 Å². The molecule has 0 N–H and O–H groups in total. The van der Waals surface area contributed by atoms with Crippen molar-refractivity contribution >= 4 is 10.0 Å². The molecule has 0 unspecified atom stereocenters. The zero-order valence-electron chi connectivity index (χ0n) is 13.5. The number of rotatable bonds is 6. The van der Waals surface area contributed by atoms with Crippen molar-refractivity contribution in [3.05, 3.63) is 47.9 Å². The van der Waals surface area contributed by atoms with Gasteiger partial charge in [0.2, 0.25) is 10.0 Å². The average molecular weight is 335 g/mol. The summed E-state index contributed by atoms with van der Waals surface area (Å²) < 4.78 is 37.3. The molecule has 2 atom stereocenters. The Morgan fingerprint density at radius 3 is 2.43 bits per heavy atom. The van der Waals surface area contributed by atoms with Gasteiger partial charge in [-0.05, 0) is 48.7 Å². The summed E-state index contributed by atoms with van der Waals surface area (Å²) in [5.41, 5.74) is 0. The van der Waals surface area contributed by atoms with E-state index in [-0.39, 0.29) is 11.4 Å². The Labute approximate surface area is 136 Å². The van der Waals surface area contributed by atoms with Gasteiger partial charge in [-0.1, -0.05) is 6.92 Å². The lowest BCUT2D eigenvalue weighted by molar-refractivity contribution is 0.389. The maximum Gasteiger partial charge on any atom is 0.243 e. The summed E-state index contributed by atoms with van der Waals surface area (Å²) in [6.45, 7) is 2.41. The summed E-state index contributed by atoms with van der Waals surface area (Å²) in [7, 11) is -0.447. The molecule has 0 radical (unpaired) electrons. The van der Waals surface area contributed by atoms with Crippen LogP contribution in [-0.2, 0) is 16.6 Å². The zero-order valence-corrected chi connectivity index (χ0v) is 14.3. The number of benzene rings is 1. The topological polar surface area (TPSA) is 59.8 Å². The second kappa shape index (κ2) is 6.02. The predicted molar refractivity (Wildman–Crippen MR) is 86.9 cm³/mol. The normalized spacial score (nSPS) is 20.7. The molecule has 2 aromatic rings. The second-order valence-electron chi connectivity index (χ2n) is 6.06. The molecule has 0 amide bonds. The first kappa shape index (κ1) is 16.1. The minimum atomic E-state index is -3.55. The minimum Gasteiger partial charge on any atom is -0.497 e. The van der Waals surface area contributed by atoms with Crippen LogP contribution in [0, 0.1) is 5.92 Å². The van der Waals surface area contributed by atoms with Gasteiger partial charge in [0.1, 0.15) is 17.3 Å². The third-order valence-corrected chi connectivity index (χ3v) is 6.12. The molecule has 1 aromatic heterocycles. The van der Waals surface area contributed by atoms with E-state index in [9.17, 15) is 8.42 Å². The summed E-state index contributed by atoms with van der Waals surface area (Å²) in [4.78, 5) is 0.239. The van der Waals surface area contributed by atoms with Crippen LogP contribution >= 0.6 is 0 Å². The lowest BCUT2D eigenvalue weighted by Crippen LogP contribution is -2.26. The third-order valence-electron chi connectivity index (χ3n) is 4.30. The Hall–Kier alpha value is -1.79. The maximum absolute atomic E-state index is 12.6. The number of sulfonamides is 1. The van der Waals surface area contributed by atoms with Gasteiger partial charge < -0.3 is 9.15 Å². The molecule has 0 saturated heterocycles. The van der Waals surface area contributed by atoms with E-state index in [0.717, 1.165) is 12.2 Å². The molecule has 5 nitrogen and oxygen atoms in total. The van der Waals surface area contributed by atoms with Gasteiger partial charge in [-0.25, -0.2) is 8.42 Å². The van der Waals surface area contributed by atoms with E-state index in [1.807, 2.05) is 12.1 Å². The number of hydrogen-bond donors (Lipinski definition) is 0. The molecule has 1 fully saturated rings. The van der Waals surface area contributed by atoms with E-state index in [4.69, 9.17) is 9.15 Å². The smallest absolute Gasteiger partial charge is 0.243 e. The highest BCUT2D eigenvalue weighted by atomic mass is 32.2. The average Bonchev–Trinajstić information content (AvgIpc) is 3.09. The van der Waals surface area contributed by atoms with Crippen molar-refractivity contribution < 1.29 is 17.6 Å². The van der Waals surface area contributed by atoms with Gasteiger partial charge in [0, 0.05) is 13.0 Å². The van der Waals surface area contributed by atoms with Crippen molar-refractivity contribution in [2.45, 2.75) is 30.7 Å². The fourth-order valence-corrected chi connectivity index (χ4v) is 3.77. The van der Waals surface area contributed by atoms with Crippen LogP contribution < -0.4 is 4.74 Å². The SMILES string of the molecule is COc1ccc(S(=O)(=O)N(C)Cc2ccc([C@H]3C[C@H]3C)o2)cc1. The molecule has 3 rings (SSSR count). The first-order valence-electron chi connectivity index (χ1n) is 7.61. The van der Waals surface area contributed by atoms with E-state index >= 15 is 0 Å². The van der Waals surface area contributed by atoms with E-state index in [1.54, 1.807) is 38.4 Å². The number of furan rings is 1. The highest BCUT2D eigenvalue weighted by molar-refractivity contribution is 7.89. The van der Waals surface area contributed by atoms with Gasteiger partial charge in [0.25, 0.3) is 0 Å². The molecule has 0 aliphatic heterocycles. The summed E-state index contributed by atoms with van der Waals surface area (Å²) in [6.07, 6.45) is 1.15. The molecule has 124 valence electrons. The quantitative estimate of drug-likeness (QED) is 0.813. The molecule has 0 spiro atoms. The number of hydrogen-bond acceptors (Lipinski definition) is 4. The Morgan fingerprint density at radius 1 is 1.22 bits per heavy atom. The van der Waals surface area contributed by atoms with Gasteiger partial charge in [-0.15, -0.1) is 0 Å². The number of ether oxygens (including phenoxy) is 1. The van der Waals surface area contributed by atoms with E-state index in [1.165, 1.54) is 4.31 Å². The van der Waals surface area contributed by atoms with Crippen LogP contribution in [0.1, 0.15) is 30.8 Å².